The molecule has 19 heavy (non-hydrogen) atoms. The second kappa shape index (κ2) is 7.44. The molecule has 2 rings (SSSR count). The van der Waals surface area contributed by atoms with E-state index >= 15 is 0 Å². The highest BCUT2D eigenvalue weighted by Gasteiger charge is 2.26. The summed E-state index contributed by atoms with van der Waals surface area (Å²) in [5.74, 6) is 0.801. The van der Waals surface area contributed by atoms with Crippen LogP contribution in [0.25, 0.3) is 0 Å². The van der Waals surface area contributed by atoms with E-state index in [0.29, 0.717) is 6.04 Å². The lowest BCUT2D eigenvalue weighted by Gasteiger charge is -2.41. The molecule has 2 nitrogen and oxygen atoms in total. The maximum absolute atomic E-state index is 3.75. The molecule has 1 fully saturated rings. The summed E-state index contributed by atoms with van der Waals surface area (Å²) in [6.45, 7) is 10.7. The smallest absolute Gasteiger partial charge is 0.0218 e. The zero-order valence-electron chi connectivity index (χ0n) is 13.1. The Labute approximate surface area is 119 Å². The van der Waals surface area contributed by atoms with E-state index in [0.717, 1.165) is 12.0 Å². The first-order valence-electron chi connectivity index (χ1n) is 8.34. The van der Waals surface area contributed by atoms with Crippen molar-refractivity contribution in [3.63, 3.8) is 0 Å². The fraction of sp³-hybridized carbons (Fsp3) is 0.882. The van der Waals surface area contributed by atoms with Crippen molar-refractivity contribution in [3.05, 3.63) is 11.6 Å². The predicted octanol–water partition coefficient (Wildman–Crippen LogP) is 3.59. The van der Waals surface area contributed by atoms with E-state index in [1.54, 1.807) is 5.57 Å². The number of rotatable bonds is 6. The Morgan fingerprint density at radius 1 is 1.42 bits per heavy atom. The number of piperazine rings is 1. The van der Waals surface area contributed by atoms with E-state index in [-0.39, 0.29) is 0 Å². The van der Waals surface area contributed by atoms with Crippen LogP contribution in [0, 0.1) is 5.92 Å². The molecule has 2 heteroatoms. The van der Waals surface area contributed by atoms with Crippen LogP contribution in [0.4, 0.5) is 0 Å². The average Bonchev–Trinajstić information content (AvgIpc) is 2.89. The van der Waals surface area contributed by atoms with Gasteiger partial charge in [-0.1, -0.05) is 32.4 Å². The predicted molar refractivity (Wildman–Crippen MR) is 83.4 cm³/mol. The SMILES string of the molecule is CCC1CNC(CC(C)C)CN1CCC1=CCCC1. The molecule has 2 aliphatic rings. The zero-order chi connectivity index (χ0) is 13.7. The van der Waals surface area contributed by atoms with Crippen LogP contribution in [-0.4, -0.2) is 36.6 Å². The van der Waals surface area contributed by atoms with Crippen LogP contribution in [0.3, 0.4) is 0 Å². The molecule has 0 aromatic carbocycles. The third-order valence-electron chi connectivity index (χ3n) is 4.70. The first kappa shape index (κ1) is 15.1. The highest BCUT2D eigenvalue weighted by atomic mass is 15.2. The highest BCUT2D eigenvalue weighted by molar-refractivity contribution is 5.07. The second-order valence-corrected chi connectivity index (χ2v) is 6.80. The molecule has 1 aliphatic carbocycles. The van der Waals surface area contributed by atoms with Crippen molar-refractivity contribution in [2.24, 2.45) is 5.92 Å². The Kier molecular flexibility index (Phi) is 5.90. The molecular formula is C17H32N2. The van der Waals surface area contributed by atoms with Crippen LogP contribution in [-0.2, 0) is 0 Å². The van der Waals surface area contributed by atoms with Gasteiger partial charge in [-0.2, -0.15) is 0 Å². The van der Waals surface area contributed by atoms with Crippen molar-refractivity contribution in [3.8, 4) is 0 Å². The summed E-state index contributed by atoms with van der Waals surface area (Å²) in [7, 11) is 0. The van der Waals surface area contributed by atoms with Crippen molar-refractivity contribution < 1.29 is 0 Å². The molecule has 0 radical (unpaired) electrons. The Hall–Kier alpha value is -0.340. The average molecular weight is 264 g/mol. The first-order chi connectivity index (χ1) is 9.19. The molecule has 0 spiro atoms. The van der Waals surface area contributed by atoms with E-state index in [4.69, 9.17) is 0 Å². The molecule has 1 aliphatic heterocycles. The Morgan fingerprint density at radius 3 is 2.89 bits per heavy atom. The minimum absolute atomic E-state index is 0.709. The van der Waals surface area contributed by atoms with Gasteiger partial charge in [-0.3, -0.25) is 4.90 Å². The third-order valence-corrected chi connectivity index (χ3v) is 4.70. The Bertz CT molecular complexity index is 296. The maximum atomic E-state index is 3.75. The normalized spacial score (nSPS) is 28.9. The van der Waals surface area contributed by atoms with Gasteiger partial charge >= 0.3 is 0 Å². The lowest BCUT2D eigenvalue weighted by molar-refractivity contribution is 0.120. The minimum atomic E-state index is 0.709. The number of nitrogens with zero attached hydrogens (tertiary/aromatic N) is 1. The van der Waals surface area contributed by atoms with Gasteiger partial charge in [0.15, 0.2) is 0 Å². The standard InChI is InChI=1S/C17H32N2/c1-4-17-12-18-16(11-14(2)3)13-19(17)10-9-15-7-5-6-8-15/h7,14,16-18H,4-6,8-13H2,1-3H3. The van der Waals surface area contributed by atoms with E-state index < -0.39 is 0 Å². The molecule has 110 valence electrons. The Morgan fingerprint density at radius 2 is 2.26 bits per heavy atom. The molecule has 0 amide bonds. The van der Waals surface area contributed by atoms with Crippen LogP contribution >= 0.6 is 0 Å². The summed E-state index contributed by atoms with van der Waals surface area (Å²) < 4.78 is 0. The van der Waals surface area contributed by atoms with Crippen molar-refractivity contribution >= 4 is 0 Å². The number of hydrogen-bond donors (Lipinski definition) is 1. The van der Waals surface area contributed by atoms with E-state index in [9.17, 15) is 0 Å². The summed E-state index contributed by atoms with van der Waals surface area (Å²) in [6.07, 6.45) is 10.5. The van der Waals surface area contributed by atoms with Crippen molar-refractivity contribution in [1.82, 2.24) is 10.2 Å². The summed E-state index contributed by atoms with van der Waals surface area (Å²) in [6, 6.07) is 1.46. The van der Waals surface area contributed by atoms with Gasteiger partial charge in [0.25, 0.3) is 0 Å². The van der Waals surface area contributed by atoms with Gasteiger partial charge in [0.05, 0.1) is 0 Å². The van der Waals surface area contributed by atoms with Gasteiger partial charge in [0.1, 0.15) is 0 Å². The maximum Gasteiger partial charge on any atom is 0.0218 e. The van der Waals surface area contributed by atoms with Crippen molar-refractivity contribution in [2.75, 3.05) is 19.6 Å². The van der Waals surface area contributed by atoms with E-state index in [1.165, 1.54) is 58.2 Å². The topological polar surface area (TPSA) is 15.3 Å². The number of hydrogen-bond acceptors (Lipinski definition) is 2. The highest BCUT2D eigenvalue weighted by Crippen LogP contribution is 2.22. The third kappa shape index (κ3) is 4.61. The molecule has 2 atom stereocenters. The Balaban J connectivity index is 1.82. The number of allylic oxidation sites excluding steroid dienone is 1. The van der Waals surface area contributed by atoms with Crippen LogP contribution < -0.4 is 5.32 Å². The monoisotopic (exact) mass is 264 g/mol. The molecule has 0 aromatic rings. The second-order valence-electron chi connectivity index (χ2n) is 6.80. The van der Waals surface area contributed by atoms with Crippen LogP contribution in [0.15, 0.2) is 11.6 Å². The molecule has 0 saturated carbocycles. The summed E-state index contributed by atoms with van der Waals surface area (Å²) >= 11 is 0. The molecule has 1 saturated heterocycles. The quantitative estimate of drug-likeness (QED) is 0.738. The number of nitrogens with one attached hydrogen (secondary N) is 1. The van der Waals surface area contributed by atoms with E-state index in [1.807, 2.05) is 0 Å². The van der Waals surface area contributed by atoms with Gasteiger partial charge in [0.2, 0.25) is 0 Å². The molecular weight excluding hydrogens is 232 g/mol. The summed E-state index contributed by atoms with van der Waals surface area (Å²) in [4.78, 5) is 2.75. The van der Waals surface area contributed by atoms with Crippen LogP contribution in [0.5, 0.6) is 0 Å². The van der Waals surface area contributed by atoms with Gasteiger partial charge < -0.3 is 5.32 Å². The fourth-order valence-corrected chi connectivity index (χ4v) is 3.58. The van der Waals surface area contributed by atoms with Gasteiger partial charge in [0, 0.05) is 31.7 Å². The first-order valence-corrected chi connectivity index (χ1v) is 8.34. The largest absolute Gasteiger partial charge is 0.311 e. The molecule has 2 unspecified atom stereocenters. The van der Waals surface area contributed by atoms with Gasteiger partial charge in [-0.25, -0.2) is 0 Å². The van der Waals surface area contributed by atoms with Gasteiger partial charge in [-0.05, 0) is 44.4 Å². The van der Waals surface area contributed by atoms with Crippen molar-refractivity contribution in [1.29, 1.82) is 0 Å². The molecule has 0 bridgehead atoms. The molecule has 1 N–H and O–H groups in total. The summed E-state index contributed by atoms with van der Waals surface area (Å²) in [5, 5.41) is 3.75. The van der Waals surface area contributed by atoms with E-state index in [2.05, 4.69) is 37.1 Å². The molecule has 0 aromatic heterocycles. The van der Waals surface area contributed by atoms with Crippen LogP contribution in [0.1, 0.15) is 59.3 Å². The van der Waals surface area contributed by atoms with Crippen molar-refractivity contribution in [2.45, 2.75) is 71.4 Å². The lowest BCUT2D eigenvalue weighted by atomic mass is 9.98. The lowest BCUT2D eigenvalue weighted by Crippen LogP contribution is -2.56. The molecule has 1 heterocycles. The van der Waals surface area contributed by atoms with Gasteiger partial charge in [-0.15, -0.1) is 0 Å². The summed E-state index contributed by atoms with van der Waals surface area (Å²) in [5.41, 5.74) is 1.72. The zero-order valence-corrected chi connectivity index (χ0v) is 13.1. The minimum Gasteiger partial charge on any atom is -0.311 e. The van der Waals surface area contributed by atoms with Crippen LogP contribution in [0.2, 0.25) is 0 Å². The fourth-order valence-electron chi connectivity index (χ4n) is 3.58.